The molecule has 4 heteroatoms. The molecule has 2 aromatic carbocycles. The molecule has 0 aliphatic heterocycles. The van der Waals surface area contributed by atoms with Gasteiger partial charge in [-0.15, -0.1) is 11.8 Å². The highest BCUT2D eigenvalue weighted by atomic mass is 79.9. The van der Waals surface area contributed by atoms with Crippen molar-refractivity contribution < 1.29 is 8.78 Å². The van der Waals surface area contributed by atoms with Crippen molar-refractivity contribution in [1.82, 2.24) is 0 Å². The van der Waals surface area contributed by atoms with Crippen LogP contribution in [0.4, 0.5) is 8.78 Å². The van der Waals surface area contributed by atoms with Crippen LogP contribution < -0.4 is 0 Å². The molecule has 2 aromatic rings. The van der Waals surface area contributed by atoms with Crippen molar-refractivity contribution in [3.8, 4) is 0 Å². The summed E-state index contributed by atoms with van der Waals surface area (Å²) in [5.41, 5.74) is 1.94. The van der Waals surface area contributed by atoms with Gasteiger partial charge >= 0.3 is 0 Å². The van der Waals surface area contributed by atoms with Crippen molar-refractivity contribution in [3.63, 3.8) is 0 Å². The zero-order valence-corrected chi connectivity index (χ0v) is 12.8. The van der Waals surface area contributed by atoms with Gasteiger partial charge in [-0.05, 0) is 42.0 Å². The molecule has 0 N–H and O–H groups in total. The van der Waals surface area contributed by atoms with Gasteiger partial charge in [0.15, 0.2) is 11.6 Å². The summed E-state index contributed by atoms with van der Waals surface area (Å²) in [5, 5.41) is 0. The molecule has 0 saturated carbocycles. The number of alkyl halides is 1. The summed E-state index contributed by atoms with van der Waals surface area (Å²) in [6, 6.07) is 12.1. The SMILES string of the molecule is CSc1ccccc1C(Br)Cc1ccc(F)c(F)c1. The summed E-state index contributed by atoms with van der Waals surface area (Å²) in [6.45, 7) is 0. The summed E-state index contributed by atoms with van der Waals surface area (Å²) >= 11 is 5.30. The fourth-order valence-corrected chi connectivity index (χ4v) is 3.49. The maximum absolute atomic E-state index is 13.2. The molecule has 0 nitrogen and oxygen atoms in total. The first kappa shape index (κ1) is 14.5. The molecule has 100 valence electrons. The topological polar surface area (TPSA) is 0 Å². The quantitative estimate of drug-likeness (QED) is 0.532. The van der Waals surface area contributed by atoms with Crippen molar-refractivity contribution in [2.45, 2.75) is 16.1 Å². The molecule has 0 radical (unpaired) electrons. The van der Waals surface area contributed by atoms with Crippen molar-refractivity contribution in [3.05, 3.63) is 65.2 Å². The van der Waals surface area contributed by atoms with Crippen LogP contribution >= 0.6 is 27.7 Å². The highest BCUT2D eigenvalue weighted by molar-refractivity contribution is 9.09. The lowest BCUT2D eigenvalue weighted by molar-refractivity contribution is 0.507. The second kappa shape index (κ2) is 6.53. The predicted molar refractivity (Wildman–Crippen MR) is 80.0 cm³/mol. The Labute approximate surface area is 124 Å². The maximum atomic E-state index is 13.2. The first-order chi connectivity index (χ1) is 9.11. The minimum Gasteiger partial charge on any atom is -0.204 e. The van der Waals surface area contributed by atoms with Crippen molar-refractivity contribution in [2.75, 3.05) is 6.26 Å². The molecule has 0 spiro atoms. The van der Waals surface area contributed by atoms with Crippen LogP contribution in [-0.4, -0.2) is 6.26 Å². The molecule has 0 saturated heterocycles. The van der Waals surface area contributed by atoms with E-state index in [0.717, 1.165) is 5.56 Å². The van der Waals surface area contributed by atoms with Gasteiger partial charge in [0.2, 0.25) is 0 Å². The van der Waals surface area contributed by atoms with Crippen LogP contribution in [0.25, 0.3) is 0 Å². The molecule has 19 heavy (non-hydrogen) atoms. The summed E-state index contributed by atoms with van der Waals surface area (Å²) in [4.78, 5) is 1.27. The molecule has 0 heterocycles. The third kappa shape index (κ3) is 3.57. The molecule has 2 rings (SSSR count). The number of hydrogen-bond donors (Lipinski definition) is 0. The van der Waals surface area contributed by atoms with Gasteiger partial charge in [-0.25, -0.2) is 8.78 Å². The first-order valence-electron chi connectivity index (χ1n) is 5.82. The van der Waals surface area contributed by atoms with Crippen molar-refractivity contribution in [2.24, 2.45) is 0 Å². The second-order valence-electron chi connectivity index (χ2n) is 4.16. The lowest BCUT2D eigenvalue weighted by Gasteiger charge is -2.14. The molecular formula is C15H13BrF2S. The number of halogens is 3. The Morgan fingerprint density at radius 1 is 1.11 bits per heavy atom. The van der Waals surface area contributed by atoms with Gasteiger partial charge in [-0.2, -0.15) is 0 Å². The zero-order chi connectivity index (χ0) is 13.8. The molecule has 0 aromatic heterocycles. The molecular weight excluding hydrogens is 330 g/mol. The van der Waals surface area contributed by atoms with E-state index in [1.807, 2.05) is 24.5 Å². The summed E-state index contributed by atoms with van der Waals surface area (Å²) in [7, 11) is 0. The van der Waals surface area contributed by atoms with E-state index in [4.69, 9.17) is 0 Å². The summed E-state index contributed by atoms with van der Waals surface area (Å²) < 4.78 is 26.1. The summed E-state index contributed by atoms with van der Waals surface area (Å²) in [5.74, 6) is -1.60. The van der Waals surface area contributed by atoms with Crippen LogP contribution in [0, 0.1) is 11.6 Å². The van der Waals surface area contributed by atoms with Gasteiger partial charge in [0, 0.05) is 9.72 Å². The summed E-state index contributed by atoms with van der Waals surface area (Å²) in [6.07, 6.45) is 2.64. The molecule has 0 amide bonds. The van der Waals surface area contributed by atoms with Crippen LogP contribution in [0.15, 0.2) is 47.4 Å². The van der Waals surface area contributed by atoms with Gasteiger partial charge < -0.3 is 0 Å². The van der Waals surface area contributed by atoms with E-state index in [1.54, 1.807) is 17.8 Å². The highest BCUT2D eigenvalue weighted by Crippen LogP contribution is 2.33. The average Bonchev–Trinajstić information content (AvgIpc) is 2.43. The van der Waals surface area contributed by atoms with E-state index in [0.29, 0.717) is 6.42 Å². The van der Waals surface area contributed by atoms with E-state index in [1.165, 1.54) is 22.6 Å². The zero-order valence-electron chi connectivity index (χ0n) is 10.4. The molecule has 0 aliphatic rings. The standard InChI is InChI=1S/C15H13BrF2S/c1-19-15-5-3-2-4-11(15)12(16)8-10-6-7-13(17)14(18)9-10/h2-7,9,12H,8H2,1H3. The Bertz CT molecular complexity index is 572. The lowest BCUT2D eigenvalue weighted by Crippen LogP contribution is -1.98. The van der Waals surface area contributed by atoms with Crippen LogP contribution in [0.2, 0.25) is 0 Å². The van der Waals surface area contributed by atoms with Gasteiger partial charge in [0.1, 0.15) is 0 Å². The number of thioether (sulfide) groups is 1. The molecule has 0 bridgehead atoms. The first-order valence-corrected chi connectivity index (χ1v) is 7.96. The van der Waals surface area contributed by atoms with Crippen LogP contribution in [0.3, 0.4) is 0 Å². The fourth-order valence-electron chi connectivity index (χ4n) is 1.91. The largest absolute Gasteiger partial charge is 0.204 e. The predicted octanol–water partition coefficient (Wildman–Crippen LogP) is 5.37. The lowest BCUT2D eigenvalue weighted by atomic mass is 10.0. The average molecular weight is 343 g/mol. The highest BCUT2D eigenvalue weighted by Gasteiger charge is 2.13. The van der Waals surface area contributed by atoms with Crippen LogP contribution in [0.5, 0.6) is 0 Å². The third-order valence-electron chi connectivity index (χ3n) is 2.88. The molecule has 0 aliphatic carbocycles. The maximum Gasteiger partial charge on any atom is 0.159 e. The number of rotatable bonds is 4. The Balaban J connectivity index is 2.20. The van der Waals surface area contributed by atoms with E-state index < -0.39 is 11.6 Å². The fraction of sp³-hybridized carbons (Fsp3) is 0.200. The van der Waals surface area contributed by atoms with E-state index in [2.05, 4.69) is 22.0 Å². The monoisotopic (exact) mass is 342 g/mol. The Kier molecular flexibility index (Phi) is 4.99. The van der Waals surface area contributed by atoms with Crippen LogP contribution in [0.1, 0.15) is 16.0 Å². The van der Waals surface area contributed by atoms with Crippen molar-refractivity contribution >= 4 is 27.7 Å². The van der Waals surface area contributed by atoms with Gasteiger partial charge in [0.25, 0.3) is 0 Å². The minimum absolute atomic E-state index is 0.0843. The van der Waals surface area contributed by atoms with Crippen LogP contribution in [-0.2, 0) is 6.42 Å². The van der Waals surface area contributed by atoms with Gasteiger partial charge in [-0.3, -0.25) is 0 Å². The minimum atomic E-state index is -0.806. The Morgan fingerprint density at radius 3 is 2.53 bits per heavy atom. The van der Waals surface area contributed by atoms with E-state index >= 15 is 0 Å². The molecule has 1 unspecified atom stereocenters. The smallest absolute Gasteiger partial charge is 0.159 e. The van der Waals surface area contributed by atoms with E-state index in [9.17, 15) is 8.78 Å². The van der Waals surface area contributed by atoms with Gasteiger partial charge in [0.05, 0.1) is 0 Å². The second-order valence-corrected chi connectivity index (χ2v) is 6.12. The number of hydrogen-bond acceptors (Lipinski definition) is 1. The third-order valence-corrected chi connectivity index (χ3v) is 4.50. The van der Waals surface area contributed by atoms with Gasteiger partial charge in [-0.1, -0.05) is 40.2 Å². The Hall–Kier alpha value is -0.870. The van der Waals surface area contributed by atoms with Crippen molar-refractivity contribution in [1.29, 1.82) is 0 Å². The van der Waals surface area contributed by atoms with E-state index in [-0.39, 0.29) is 4.83 Å². The molecule has 0 fully saturated rings. The Morgan fingerprint density at radius 2 is 1.84 bits per heavy atom. The number of benzene rings is 2. The molecule has 1 atom stereocenters. The normalized spacial score (nSPS) is 12.4.